The Kier molecular flexibility index (Phi) is 6.57. The van der Waals surface area contributed by atoms with Crippen molar-refractivity contribution >= 4 is 23.2 Å². The third kappa shape index (κ3) is 5.95. The van der Waals surface area contributed by atoms with E-state index in [0.29, 0.717) is 12.2 Å². The van der Waals surface area contributed by atoms with Gasteiger partial charge in [0.25, 0.3) is 0 Å². The molecule has 0 saturated carbocycles. The van der Waals surface area contributed by atoms with Crippen molar-refractivity contribution in [3.63, 3.8) is 0 Å². The van der Waals surface area contributed by atoms with Crippen LogP contribution >= 0.6 is 0 Å². The maximum atomic E-state index is 12.3. The van der Waals surface area contributed by atoms with Gasteiger partial charge in [0.05, 0.1) is 6.54 Å². The standard InChI is InChI=1S/C20H25N3O2/c1-15(2)20(25)22-18-11-7-10-17(12-18)21-13-19(24)23(3)14-16-8-5-4-6-9-16/h4-12,15,21H,13-14H2,1-3H3,(H,22,25). The van der Waals surface area contributed by atoms with Crippen molar-refractivity contribution in [1.82, 2.24) is 4.90 Å². The summed E-state index contributed by atoms with van der Waals surface area (Å²) in [5.41, 5.74) is 2.61. The van der Waals surface area contributed by atoms with E-state index in [4.69, 9.17) is 0 Å². The number of rotatable bonds is 7. The van der Waals surface area contributed by atoms with Gasteiger partial charge in [-0.2, -0.15) is 0 Å². The van der Waals surface area contributed by atoms with Gasteiger partial charge in [0.2, 0.25) is 11.8 Å². The van der Waals surface area contributed by atoms with Gasteiger partial charge >= 0.3 is 0 Å². The van der Waals surface area contributed by atoms with E-state index in [1.165, 1.54) is 0 Å². The molecule has 2 amide bonds. The van der Waals surface area contributed by atoms with Gasteiger partial charge < -0.3 is 15.5 Å². The summed E-state index contributed by atoms with van der Waals surface area (Å²) in [7, 11) is 1.79. The van der Waals surface area contributed by atoms with Crippen molar-refractivity contribution in [2.45, 2.75) is 20.4 Å². The molecule has 0 fully saturated rings. The lowest BCUT2D eigenvalue weighted by molar-refractivity contribution is -0.128. The predicted molar refractivity (Wildman–Crippen MR) is 101 cm³/mol. The number of likely N-dealkylation sites (N-methyl/N-ethyl adjacent to an activating group) is 1. The van der Waals surface area contributed by atoms with Crippen LogP contribution in [-0.4, -0.2) is 30.3 Å². The molecule has 0 aliphatic carbocycles. The number of hydrogen-bond acceptors (Lipinski definition) is 3. The first-order valence-corrected chi connectivity index (χ1v) is 8.38. The van der Waals surface area contributed by atoms with Gasteiger partial charge in [-0.05, 0) is 23.8 Å². The second-order valence-electron chi connectivity index (χ2n) is 6.31. The summed E-state index contributed by atoms with van der Waals surface area (Å²) in [5, 5.41) is 5.96. The van der Waals surface area contributed by atoms with Crippen molar-refractivity contribution < 1.29 is 9.59 Å². The molecule has 0 aromatic heterocycles. The highest BCUT2D eigenvalue weighted by atomic mass is 16.2. The van der Waals surface area contributed by atoms with Gasteiger partial charge in [-0.1, -0.05) is 50.2 Å². The van der Waals surface area contributed by atoms with Crippen LogP contribution in [0.3, 0.4) is 0 Å². The first-order chi connectivity index (χ1) is 12.0. The van der Waals surface area contributed by atoms with Gasteiger partial charge in [-0.3, -0.25) is 9.59 Å². The molecular weight excluding hydrogens is 314 g/mol. The van der Waals surface area contributed by atoms with Crippen LogP contribution in [0.15, 0.2) is 54.6 Å². The Bertz CT molecular complexity index is 714. The summed E-state index contributed by atoms with van der Waals surface area (Å²) in [6, 6.07) is 17.2. The van der Waals surface area contributed by atoms with Crippen molar-refractivity contribution in [2.24, 2.45) is 5.92 Å². The molecule has 2 rings (SSSR count). The van der Waals surface area contributed by atoms with E-state index in [9.17, 15) is 9.59 Å². The maximum Gasteiger partial charge on any atom is 0.241 e. The zero-order chi connectivity index (χ0) is 18.2. The monoisotopic (exact) mass is 339 g/mol. The second kappa shape index (κ2) is 8.87. The normalized spacial score (nSPS) is 10.4. The van der Waals surface area contributed by atoms with Gasteiger partial charge in [-0.25, -0.2) is 0 Å². The number of amides is 2. The van der Waals surface area contributed by atoms with Crippen molar-refractivity contribution in [3.05, 3.63) is 60.2 Å². The Morgan fingerprint density at radius 2 is 1.68 bits per heavy atom. The largest absolute Gasteiger partial charge is 0.376 e. The van der Waals surface area contributed by atoms with Crippen LogP contribution in [0.2, 0.25) is 0 Å². The Labute approximate surface area is 149 Å². The number of benzene rings is 2. The van der Waals surface area contributed by atoms with Gasteiger partial charge in [0.15, 0.2) is 0 Å². The van der Waals surface area contributed by atoms with Gasteiger partial charge in [-0.15, -0.1) is 0 Å². The van der Waals surface area contributed by atoms with Crippen molar-refractivity contribution in [2.75, 3.05) is 24.2 Å². The summed E-state index contributed by atoms with van der Waals surface area (Å²) in [5.74, 6) is -0.110. The van der Waals surface area contributed by atoms with Crippen LogP contribution in [0.4, 0.5) is 11.4 Å². The fraction of sp³-hybridized carbons (Fsp3) is 0.300. The number of nitrogens with one attached hydrogen (secondary N) is 2. The lowest BCUT2D eigenvalue weighted by atomic mass is 10.2. The predicted octanol–water partition coefficient (Wildman–Crippen LogP) is 3.35. The van der Waals surface area contributed by atoms with E-state index in [1.54, 1.807) is 11.9 Å². The molecule has 0 heterocycles. The minimum Gasteiger partial charge on any atom is -0.376 e. The average molecular weight is 339 g/mol. The molecule has 0 bridgehead atoms. The highest BCUT2D eigenvalue weighted by Crippen LogP contribution is 2.16. The van der Waals surface area contributed by atoms with E-state index < -0.39 is 0 Å². The molecule has 0 unspecified atom stereocenters. The minimum absolute atomic E-state index is 0.000437. The molecule has 25 heavy (non-hydrogen) atoms. The topological polar surface area (TPSA) is 61.4 Å². The molecule has 2 aromatic rings. The Balaban J connectivity index is 1.87. The smallest absolute Gasteiger partial charge is 0.241 e. The zero-order valence-corrected chi connectivity index (χ0v) is 15.0. The number of nitrogens with zero attached hydrogens (tertiary/aromatic N) is 1. The average Bonchev–Trinajstić information content (AvgIpc) is 2.60. The third-order valence-electron chi connectivity index (χ3n) is 3.79. The first kappa shape index (κ1) is 18.5. The SMILES string of the molecule is CC(C)C(=O)Nc1cccc(NCC(=O)N(C)Cc2ccccc2)c1. The molecule has 5 heteroatoms. The molecule has 0 radical (unpaired) electrons. The van der Waals surface area contributed by atoms with Crippen LogP contribution in [0.5, 0.6) is 0 Å². The Hall–Kier alpha value is -2.82. The lowest BCUT2D eigenvalue weighted by Gasteiger charge is -2.18. The summed E-state index contributed by atoms with van der Waals surface area (Å²) in [6.45, 7) is 4.47. The molecule has 0 spiro atoms. The fourth-order valence-corrected chi connectivity index (χ4v) is 2.25. The molecule has 0 saturated heterocycles. The van der Waals surface area contributed by atoms with Crippen LogP contribution in [-0.2, 0) is 16.1 Å². The van der Waals surface area contributed by atoms with Crippen molar-refractivity contribution in [3.8, 4) is 0 Å². The molecular formula is C20H25N3O2. The highest BCUT2D eigenvalue weighted by molar-refractivity contribution is 5.92. The van der Waals surface area contributed by atoms with Gasteiger partial charge in [0.1, 0.15) is 0 Å². The molecule has 0 aliphatic heterocycles. The lowest BCUT2D eigenvalue weighted by Crippen LogP contribution is -2.31. The fourth-order valence-electron chi connectivity index (χ4n) is 2.25. The minimum atomic E-state index is -0.0789. The molecule has 0 aliphatic rings. The number of carbonyl (C=O) groups is 2. The van der Waals surface area contributed by atoms with E-state index in [0.717, 1.165) is 11.3 Å². The summed E-state index contributed by atoms with van der Waals surface area (Å²) < 4.78 is 0. The quantitative estimate of drug-likeness (QED) is 0.813. The first-order valence-electron chi connectivity index (χ1n) is 8.38. The molecule has 2 N–H and O–H groups in total. The highest BCUT2D eigenvalue weighted by Gasteiger charge is 2.10. The molecule has 5 nitrogen and oxygen atoms in total. The van der Waals surface area contributed by atoms with E-state index in [-0.39, 0.29) is 24.3 Å². The Morgan fingerprint density at radius 1 is 1.00 bits per heavy atom. The van der Waals surface area contributed by atoms with E-state index >= 15 is 0 Å². The van der Waals surface area contributed by atoms with E-state index in [2.05, 4.69) is 10.6 Å². The number of anilines is 2. The summed E-state index contributed by atoms with van der Waals surface area (Å²) in [4.78, 5) is 25.7. The molecule has 2 aromatic carbocycles. The zero-order valence-electron chi connectivity index (χ0n) is 15.0. The van der Waals surface area contributed by atoms with Crippen LogP contribution in [0.25, 0.3) is 0 Å². The summed E-state index contributed by atoms with van der Waals surface area (Å²) in [6.07, 6.45) is 0. The Morgan fingerprint density at radius 3 is 2.36 bits per heavy atom. The number of carbonyl (C=O) groups excluding carboxylic acids is 2. The number of hydrogen-bond donors (Lipinski definition) is 2. The van der Waals surface area contributed by atoms with E-state index in [1.807, 2.05) is 68.4 Å². The van der Waals surface area contributed by atoms with Crippen LogP contribution in [0, 0.1) is 5.92 Å². The molecule has 0 atom stereocenters. The maximum absolute atomic E-state index is 12.3. The van der Waals surface area contributed by atoms with Crippen molar-refractivity contribution in [1.29, 1.82) is 0 Å². The summed E-state index contributed by atoms with van der Waals surface area (Å²) >= 11 is 0. The molecule has 132 valence electrons. The second-order valence-corrected chi connectivity index (χ2v) is 6.31. The van der Waals surface area contributed by atoms with Crippen LogP contribution in [0.1, 0.15) is 19.4 Å². The van der Waals surface area contributed by atoms with Crippen LogP contribution < -0.4 is 10.6 Å². The van der Waals surface area contributed by atoms with Gasteiger partial charge in [0, 0.05) is 30.9 Å². The third-order valence-corrected chi connectivity index (χ3v) is 3.79.